The summed E-state index contributed by atoms with van der Waals surface area (Å²) < 4.78 is 0. The molecule has 0 aromatic heterocycles. The van der Waals surface area contributed by atoms with Crippen LogP contribution in [0.25, 0.3) is 33.7 Å². The summed E-state index contributed by atoms with van der Waals surface area (Å²) in [6, 6.07) is 62.8. The van der Waals surface area contributed by atoms with Gasteiger partial charge in [0.1, 0.15) is 24.3 Å². The molecule has 0 spiro atoms. The summed E-state index contributed by atoms with van der Waals surface area (Å²) in [6.07, 6.45) is 6.23. The van der Waals surface area contributed by atoms with Crippen LogP contribution in [-0.2, 0) is 6.42 Å². The topological polar surface area (TPSA) is 64.0 Å². The summed E-state index contributed by atoms with van der Waals surface area (Å²) in [5.74, 6) is 0.899. The zero-order valence-electron chi connectivity index (χ0n) is 32.0. The number of nitrogens with zero attached hydrogens (tertiary/aromatic N) is 3. The molecule has 11 rings (SSSR count). The van der Waals surface area contributed by atoms with E-state index in [9.17, 15) is 0 Å². The van der Waals surface area contributed by atoms with E-state index < -0.39 is 0 Å². The third-order valence-electron chi connectivity index (χ3n) is 11.9. The highest BCUT2D eigenvalue weighted by Crippen LogP contribution is 2.41. The third-order valence-corrected chi connectivity index (χ3v) is 11.9. The van der Waals surface area contributed by atoms with Gasteiger partial charge in [-0.3, -0.25) is 10.6 Å². The zero-order chi connectivity index (χ0) is 38.4. The average Bonchev–Trinajstić information content (AvgIpc) is 3.29. The van der Waals surface area contributed by atoms with Crippen molar-refractivity contribution in [1.82, 2.24) is 20.9 Å². The highest BCUT2D eigenvalue weighted by atomic mass is 15.5. The standard InChI is InChI=1S/C52H42N6/c1-3-13-38(14-4-1)46-33-47(39-15-5-2-6-16-39)58-51(57-52(58)53-46)41-27-21-37(22-28-41)36-19-25-40(26-20-36)48-54-49(44-29-23-34-11-7-9-17-42(34)31-44)56-50(55-48)45-30-24-35-12-8-10-18-43(35)32-45/h1-23,25-29,31-33,49-52,56-57H,24,30H2,(H,54,55). The van der Waals surface area contributed by atoms with Crippen LogP contribution in [0.2, 0.25) is 0 Å². The van der Waals surface area contributed by atoms with Crippen molar-refractivity contribution in [2.75, 3.05) is 0 Å². The summed E-state index contributed by atoms with van der Waals surface area (Å²) in [5.41, 5.74) is 14.3. The second-order valence-electron chi connectivity index (χ2n) is 15.5. The minimum atomic E-state index is -0.138. The van der Waals surface area contributed by atoms with E-state index in [1.165, 1.54) is 61.0 Å². The Balaban J connectivity index is 0.858. The maximum absolute atomic E-state index is 5.32. The molecule has 4 atom stereocenters. The Bertz CT molecular complexity index is 2770. The van der Waals surface area contributed by atoms with E-state index in [-0.39, 0.29) is 24.8 Å². The lowest BCUT2D eigenvalue weighted by atomic mass is 9.90. The lowest BCUT2D eigenvalue weighted by Gasteiger charge is -2.52. The van der Waals surface area contributed by atoms with E-state index in [0.29, 0.717) is 0 Å². The molecule has 58 heavy (non-hydrogen) atoms. The minimum Gasteiger partial charge on any atom is -0.350 e. The normalized spacial score (nSPS) is 21.0. The first-order valence-corrected chi connectivity index (χ1v) is 20.2. The first-order chi connectivity index (χ1) is 28.7. The Morgan fingerprint density at radius 3 is 1.95 bits per heavy atom. The van der Waals surface area contributed by atoms with E-state index in [1.54, 1.807) is 0 Å². The van der Waals surface area contributed by atoms with Crippen molar-refractivity contribution >= 4 is 34.1 Å². The molecule has 7 aromatic carbocycles. The first kappa shape index (κ1) is 34.4. The number of nitrogens with one attached hydrogen (secondary N) is 3. The van der Waals surface area contributed by atoms with Gasteiger partial charge in [-0.2, -0.15) is 0 Å². The monoisotopic (exact) mass is 750 g/mol. The number of aliphatic imine (C=N–C) groups is 2. The molecule has 1 aliphatic carbocycles. The summed E-state index contributed by atoms with van der Waals surface area (Å²) >= 11 is 0. The van der Waals surface area contributed by atoms with E-state index in [4.69, 9.17) is 9.98 Å². The van der Waals surface area contributed by atoms with Gasteiger partial charge in [-0.25, -0.2) is 9.98 Å². The molecule has 6 heteroatoms. The molecule has 3 N–H and O–H groups in total. The van der Waals surface area contributed by atoms with Crippen LogP contribution in [0.1, 0.15) is 57.7 Å². The number of rotatable bonds is 7. The Morgan fingerprint density at radius 2 is 1.16 bits per heavy atom. The van der Waals surface area contributed by atoms with Crippen LogP contribution in [0.15, 0.2) is 198 Å². The Kier molecular flexibility index (Phi) is 8.64. The van der Waals surface area contributed by atoms with Crippen LogP contribution in [0.3, 0.4) is 0 Å². The van der Waals surface area contributed by atoms with Crippen LogP contribution in [0, 0.1) is 0 Å². The SMILES string of the molecule is C1=C(C2N=C(c3ccc(-c4ccc(C5NC6N=C(c7ccccc7)C=C(c7ccccc7)N65)cc4)cc3)NC(c3ccc4ccccc4c3)N2)CCc2ccccc21. The van der Waals surface area contributed by atoms with Crippen molar-refractivity contribution in [3.63, 3.8) is 0 Å². The molecular weight excluding hydrogens is 709 g/mol. The van der Waals surface area contributed by atoms with Gasteiger partial charge in [-0.05, 0) is 85.8 Å². The smallest absolute Gasteiger partial charge is 0.180 e. The van der Waals surface area contributed by atoms with Crippen molar-refractivity contribution in [3.8, 4) is 11.1 Å². The summed E-state index contributed by atoms with van der Waals surface area (Å²) in [6.45, 7) is 0. The van der Waals surface area contributed by atoms with Crippen LogP contribution < -0.4 is 16.0 Å². The molecule has 1 fully saturated rings. The van der Waals surface area contributed by atoms with Gasteiger partial charge in [0, 0.05) is 5.56 Å². The van der Waals surface area contributed by atoms with Crippen molar-refractivity contribution < 1.29 is 0 Å². The molecule has 4 aliphatic rings. The number of hydrogen-bond acceptors (Lipinski definition) is 6. The quantitative estimate of drug-likeness (QED) is 0.152. The molecule has 0 saturated carbocycles. The first-order valence-electron chi connectivity index (χ1n) is 20.2. The number of benzene rings is 7. The number of aryl methyl sites for hydroxylation is 1. The number of fused-ring (bicyclic) bond motifs is 3. The highest BCUT2D eigenvalue weighted by Gasteiger charge is 2.42. The zero-order valence-corrected chi connectivity index (χ0v) is 32.0. The van der Waals surface area contributed by atoms with E-state index >= 15 is 0 Å². The van der Waals surface area contributed by atoms with E-state index in [1.807, 2.05) is 6.07 Å². The van der Waals surface area contributed by atoms with Gasteiger partial charge in [0.05, 0.1) is 11.4 Å². The molecule has 0 amide bonds. The molecule has 0 radical (unpaired) electrons. The number of amidine groups is 1. The second-order valence-corrected chi connectivity index (χ2v) is 15.5. The third kappa shape index (κ3) is 6.42. The van der Waals surface area contributed by atoms with Crippen molar-refractivity contribution in [1.29, 1.82) is 0 Å². The lowest BCUT2D eigenvalue weighted by Crippen LogP contribution is -2.62. The average molecular weight is 751 g/mol. The maximum Gasteiger partial charge on any atom is 0.180 e. The number of allylic oxidation sites excluding steroid dienone is 1. The maximum atomic E-state index is 5.32. The van der Waals surface area contributed by atoms with Gasteiger partial charge in [0.15, 0.2) is 6.29 Å². The molecule has 4 unspecified atom stereocenters. The lowest BCUT2D eigenvalue weighted by molar-refractivity contribution is 0.0358. The van der Waals surface area contributed by atoms with Crippen molar-refractivity contribution in [2.24, 2.45) is 9.98 Å². The van der Waals surface area contributed by atoms with Crippen LogP contribution in [0.4, 0.5) is 0 Å². The highest BCUT2D eigenvalue weighted by molar-refractivity contribution is 6.13. The molecule has 3 heterocycles. The largest absolute Gasteiger partial charge is 0.350 e. The van der Waals surface area contributed by atoms with E-state index in [0.717, 1.165) is 35.5 Å². The molecule has 6 nitrogen and oxygen atoms in total. The van der Waals surface area contributed by atoms with Crippen LogP contribution in [0.5, 0.6) is 0 Å². The predicted octanol–water partition coefficient (Wildman–Crippen LogP) is 10.2. The summed E-state index contributed by atoms with van der Waals surface area (Å²) in [5, 5.41) is 13.8. The Labute approximate surface area is 339 Å². The van der Waals surface area contributed by atoms with Gasteiger partial charge in [-0.1, -0.05) is 176 Å². The molecule has 7 aromatic rings. The fourth-order valence-electron chi connectivity index (χ4n) is 8.77. The molecule has 3 aliphatic heterocycles. The van der Waals surface area contributed by atoms with Gasteiger partial charge in [-0.15, -0.1) is 0 Å². The predicted molar refractivity (Wildman–Crippen MR) is 237 cm³/mol. The van der Waals surface area contributed by atoms with E-state index in [2.05, 4.69) is 203 Å². The van der Waals surface area contributed by atoms with Gasteiger partial charge < -0.3 is 10.2 Å². The molecule has 1 saturated heterocycles. The molecule has 0 bridgehead atoms. The fourth-order valence-corrected chi connectivity index (χ4v) is 8.77. The van der Waals surface area contributed by atoms with Gasteiger partial charge >= 0.3 is 0 Å². The summed E-state index contributed by atoms with van der Waals surface area (Å²) in [4.78, 5) is 12.8. The summed E-state index contributed by atoms with van der Waals surface area (Å²) in [7, 11) is 0. The molecular formula is C52H42N6. The number of hydrogen-bond donors (Lipinski definition) is 3. The van der Waals surface area contributed by atoms with Crippen LogP contribution >= 0.6 is 0 Å². The van der Waals surface area contributed by atoms with Gasteiger partial charge in [0.2, 0.25) is 0 Å². The fraction of sp³-hybridized carbons (Fsp3) is 0.115. The second kappa shape index (κ2) is 14.6. The Hall–Kier alpha value is -6.86. The minimum absolute atomic E-state index is 0.0224. The molecule has 280 valence electrons. The Morgan fingerprint density at radius 1 is 0.500 bits per heavy atom. The van der Waals surface area contributed by atoms with Crippen LogP contribution in [-0.4, -0.2) is 28.9 Å². The van der Waals surface area contributed by atoms with Gasteiger partial charge in [0.25, 0.3) is 0 Å². The van der Waals surface area contributed by atoms with Crippen molar-refractivity contribution in [2.45, 2.75) is 37.6 Å². The van der Waals surface area contributed by atoms with Crippen molar-refractivity contribution in [3.05, 3.63) is 227 Å².